The Balaban J connectivity index is 2.03. The zero-order chi connectivity index (χ0) is 11.6. The number of hydrogen-bond acceptors (Lipinski definition) is 1. The zero-order valence-electron chi connectivity index (χ0n) is 8.35. The topological polar surface area (TPSA) is 22.8 Å². The standard InChI is InChI=1S/C10H10F3N3/c11-10(12,13)8-16-6-3-9(14-16)7-15-4-1-2-5-15/h1-6H,7-8H2. The van der Waals surface area contributed by atoms with Gasteiger partial charge in [0.1, 0.15) is 6.54 Å². The van der Waals surface area contributed by atoms with Gasteiger partial charge in [0.05, 0.1) is 12.2 Å². The molecule has 0 saturated heterocycles. The van der Waals surface area contributed by atoms with Crippen LogP contribution in [0.2, 0.25) is 0 Å². The van der Waals surface area contributed by atoms with Crippen molar-refractivity contribution >= 4 is 0 Å². The second kappa shape index (κ2) is 4.03. The summed E-state index contributed by atoms with van der Waals surface area (Å²) in [4.78, 5) is 0. The lowest BCUT2D eigenvalue weighted by molar-refractivity contribution is -0.142. The van der Waals surface area contributed by atoms with Crippen LogP contribution in [-0.4, -0.2) is 20.5 Å². The molecule has 0 aromatic carbocycles. The average Bonchev–Trinajstić information content (AvgIpc) is 2.75. The van der Waals surface area contributed by atoms with E-state index in [1.807, 2.05) is 29.1 Å². The van der Waals surface area contributed by atoms with Crippen molar-refractivity contribution in [3.8, 4) is 0 Å². The van der Waals surface area contributed by atoms with E-state index in [1.54, 1.807) is 6.07 Å². The lowest BCUT2D eigenvalue weighted by atomic mass is 10.4. The van der Waals surface area contributed by atoms with Gasteiger partial charge in [-0.05, 0) is 18.2 Å². The van der Waals surface area contributed by atoms with Crippen LogP contribution >= 0.6 is 0 Å². The van der Waals surface area contributed by atoms with E-state index in [9.17, 15) is 13.2 Å². The molecule has 16 heavy (non-hydrogen) atoms. The van der Waals surface area contributed by atoms with Gasteiger partial charge >= 0.3 is 6.18 Å². The van der Waals surface area contributed by atoms with Crippen LogP contribution in [-0.2, 0) is 13.1 Å². The van der Waals surface area contributed by atoms with Crippen LogP contribution in [0.3, 0.4) is 0 Å². The zero-order valence-corrected chi connectivity index (χ0v) is 8.35. The third-order valence-electron chi connectivity index (χ3n) is 2.05. The highest BCUT2D eigenvalue weighted by Gasteiger charge is 2.28. The van der Waals surface area contributed by atoms with Crippen LogP contribution < -0.4 is 0 Å². The Bertz CT molecular complexity index is 442. The second-order valence-electron chi connectivity index (χ2n) is 3.48. The third kappa shape index (κ3) is 2.88. The normalized spacial score (nSPS) is 11.9. The number of aromatic nitrogens is 3. The molecule has 0 spiro atoms. The highest BCUT2D eigenvalue weighted by Crippen LogP contribution is 2.17. The Labute approximate surface area is 90.1 Å². The van der Waals surface area contributed by atoms with E-state index >= 15 is 0 Å². The van der Waals surface area contributed by atoms with Gasteiger partial charge in [0.15, 0.2) is 0 Å². The van der Waals surface area contributed by atoms with Crippen molar-refractivity contribution in [1.82, 2.24) is 14.3 Å². The maximum atomic E-state index is 12.1. The predicted octanol–water partition coefficient (Wildman–Crippen LogP) is 2.30. The molecule has 2 aromatic heterocycles. The summed E-state index contributed by atoms with van der Waals surface area (Å²) in [7, 11) is 0. The fourth-order valence-corrected chi connectivity index (χ4v) is 1.42. The quantitative estimate of drug-likeness (QED) is 0.791. The Kier molecular flexibility index (Phi) is 2.72. The molecular weight excluding hydrogens is 219 g/mol. The van der Waals surface area contributed by atoms with Crippen LogP contribution in [0, 0.1) is 0 Å². The summed E-state index contributed by atoms with van der Waals surface area (Å²) in [5.41, 5.74) is 0.612. The van der Waals surface area contributed by atoms with E-state index in [1.165, 1.54) is 6.20 Å². The SMILES string of the molecule is FC(F)(F)Cn1ccc(Cn2cccc2)n1. The Morgan fingerprint density at radius 3 is 2.44 bits per heavy atom. The molecule has 2 rings (SSSR count). The molecular formula is C10H10F3N3. The smallest absolute Gasteiger partial charge is 0.348 e. The minimum Gasteiger partial charge on any atom is -0.348 e. The maximum absolute atomic E-state index is 12.1. The van der Waals surface area contributed by atoms with Gasteiger partial charge in [-0.3, -0.25) is 4.68 Å². The first-order valence-electron chi connectivity index (χ1n) is 4.73. The summed E-state index contributed by atoms with van der Waals surface area (Å²) in [5, 5.41) is 3.85. The van der Waals surface area contributed by atoms with Gasteiger partial charge in [-0.15, -0.1) is 0 Å². The first-order chi connectivity index (χ1) is 7.53. The molecule has 2 aromatic rings. The van der Waals surface area contributed by atoms with Gasteiger partial charge in [-0.25, -0.2) is 0 Å². The van der Waals surface area contributed by atoms with Crippen molar-refractivity contribution in [3.63, 3.8) is 0 Å². The van der Waals surface area contributed by atoms with Crippen LogP contribution in [0.1, 0.15) is 5.69 Å². The molecule has 0 N–H and O–H groups in total. The number of hydrogen-bond donors (Lipinski definition) is 0. The summed E-state index contributed by atoms with van der Waals surface area (Å²) in [6.07, 6.45) is 0.786. The van der Waals surface area contributed by atoms with Gasteiger partial charge in [0.25, 0.3) is 0 Å². The van der Waals surface area contributed by atoms with Crippen molar-refractivity contribution in [1.29, 1.82) is 0 Å². The molecule has 0 amide bonds. The van der Waals surface area contributed by atoms with Gasteiger partial charge < -0.3 is 4.57 Å². The first kappa shape index (κ1) is 10.8. The maximum Gasteiger partial charge on any atom is 0.408 e. The summed E-state index contributed by atoms with van der Waals surface area (Å²) in [5.74, 6) is 0. The van der Waals surface area contributed by atoms with E-state index in [4.69, 9.17) is 0 Å². The summed E-state index contributed by atoms with van der Waals surface area (Å²) in [6.45, 7) is -0.559. The molecule has 3 nitrogen and oxygen atoms in total. The summed E-state index contributed by atoms with van der Waals surface area (Å²) in [6, 6.07) is 5.30. The third-order valence-corrected chi connectivity index (χ3v) is 2.05. The van der Waals surface area contributed by atoms with Crippen LogP contribution in [0.15, 0.2) is 36.8 Å². The molecule has 0 aliphatic heterocycles. The van der Waals surface area contributed by atoms with Crippen LogP contribution in [0.4, 0.5) is 13.2 Å². The van der Waals surface area contributed by atoms with E-state index in [0.29, 0.717) is 12.2 Å². The molecule has 6 heteroatoms. The molecule has 0 unspecified atom stereocenters. The summed E-state index contributed by atoms with van der Waals surface area (Å²) < 4.78 is 38.9. The Morgan fingerprint density at radius 1 is 1.12 bits per heavy atom. The highest BCUT2D eigenvalue weighted by molar-refractivity contribution is 5.02. The molecule has 0 fully saturated rings. The van der Waals surface area contributed by atoms with Crippen LogP contribution in [0.25, 0.3) is 0 Å². The molecule has 0 aliphatic carbocycles. The van der Waals surface area contributed by atoms with Crippen molar-refractivity contribution in [2.45, 2.75) is 19.3 Å². The van der Waals surface area contributed by atoms with Crippen molar-refractivity contribution in [3.05, 3.63) is 42.5 Å². The monoisotopic (exact) mass is 229 g/mol. The minimum absolute atomic E-state index is 0.484. The molecule has 0 saturated carbocycles. The van der Waals surface area contributed by atoms with Crippen molar-refractivity contribution < 1.29 is 13.2 Å². The lowest BCUT2D eigenvalue weighted by Gasteiger charge is -2.05. The van der Waals surface area contributed by atoms with E-state index in [2.05, 4.69) is 5.10 Å². The predicted molar refractivity (Wildman–Crippen MR) is 51.8 cm³/mol. The van der Waals surface area contributed by atoms with Gasteiger partial charge in [-0.2, -0.15) is 18.3 Å². The van der Waals surface area contributed by atoms with E-state index < -0.39 is 12.7 Å². The lowest BCUT2D eigenvalue weighted by Crippen LogP contribution is -2.18. The fourth-order valence-electron chi connectivity index (χ4n) is 1.42. The molecule has 2 heterocycles. The number of nitrogens with zero attached hydrogens (tertiary/aromatic N) is 3. The molecule has 0 bridgehead atoms. The Morgan fingerprint density at radius 2 is 1.81 bits per heavy atom. The molecule has 0 atom stereocenters. The van der Waals surface area contributed by atoms with Gasteiger partial charge in [-0.1, -0.05) is 0 Å². The number of alkyl halides is 3. The highest BCUT2D eigenvalue weighted by atomic mass is 19.4. The number of halogens is 3. The Hall–Kier alpha value is -1.72. The van der Waals surface area contributed by atoms with Crippen molar-refractivity contribution in [2.75, 3.05) is 0 Å². The fraction of sp³-hybridized carbons (Fsp3) is 0.300. The largest absolute Gasteiger partial charge is 0.408 e. The second-order valence-corrected chi connectivity index (χ2v) is 3.48. The molecule has 0 radical (unpaired) electrons. The average molecular weight is 229 g/mol. The summed E-state index contributed by atoms with van der Waals surface area (Å²) >= 11 is 0. The minimum atomic E-state index is -4.23. The van der Waals surface area contributed by atoms with E-state index in [-0.39, 0.29) is 0 Å². The van der Waals surface area contributed by atoms with Crippen LogP contribution in [0.5, 0.6) is 0 Å². The van der Waals surface area contributed by atoms with Gasteiger partial charge in [0, 0.05) is 18.6 Å². The molecule has 0 aliphatic rings. The van der Waals surface area contributed by atoms with E-state index in [0.717, 1.165) is 4.68 Å². The first-order valence-corrected chi connectivity index (χ1v) is 4.73. The van der Waals surface area contributed by atoms with Gasteiger partial charge in [0.2, 0.25) is 0 Å². The number of rotatable bonds is 3. The van der Waals surface area contributed by atoms with Crippen molar-refractivity contribution in [2.24, 2.45) is 0 Å². The molecule has 86 valence electrons.